The van der Waals surface area contributed by atoms with Crippen molar-refractivity contribution < 1.29 is 4.74 Å². The lowest BCUT2D eigenvalue weighted by Crippen LogP contribution is -2.11. The molecule has 0 N–H and O–H groups in total. The number of benzene rings is 3. The molecule has 0 atom stereocenters. The number of hydrogen-bond donors (Lipinski definition) is 0. The average molecular weight is 431 g/mol. The van der Waals surface area contributed by atoms with E-state index in [1.165, 1.54) is 0 Å². The first kappa shape index (κ1) is 19.3. The molecule has 0 unspecified atom stereocenters. The van der Waals surface area contributed by atoms with E-state index < -0.39 is 0 Å². The van der Waals surface area contributed by atoms with Crippen molar-refractivity contribution in [3.05, 3.63) is 109 Å². The summed E-state index contributed by atoms with van der Waals surface area (Å²) >= 11 is 0. The van der Waals surface area contributed by atoms with Crippen LogP contribution in [0.15, 0.2) is 104 Å². The number of hydrogen-bond acceptors (Lipinski definition) is 4. The standard InChI is InChI=1S/C28H22N4O/c1-31-16-15-30-28(31)21-12-13-27-26(18-21)32(25-11-3-2-7-22(25)19-33-27)23-9-6-8-20(17-23)24-10-4-5-14-29-24/h2-18H,19H2,1H3. The lowest BCUT2D eigenvalue weighted by molar-refractivity contribution is 0.310. The van der Waals surface area contributed by atoms with E-state index in [-0.39, 0.29) is 0 Å². The van der Waals surface area contributed by atoms with E-state index in [0.717, 1.165) is 51.0 Å². The molecule has 5 nitrogen and oxygen atoms in total. The Labute approximate surface area is 192 Å². The average Bonchev–Trinajstić information content (AvgIpc) is 3.23. The number of nitrogens with zero attached hydrogens (tertiary/aromatic N) is 4. The van der Waals surface area contributed by atoms with E-state index in [4.69, 9.17) is 4.74 Å². The molecule has 5 heteroatoms. The summed E-state index contributed by atoms with van der Waals surface area (Å²) in [5.74, 6) is 1.75. The number of ether oxygens (including phenoxy) is 1. The number of imidazole rings is 1. The fraction of sp³-hybridized carbons (Fsp3) is 0.0714. The Morgan fingerprint density at radius 1 is 0.758 bits per heavy atom. The Hall–Kier alpha value is -4.38. The predicted octanol–water partition coefficient (Wildman–Crippen LogP) is 6.51. The maximum atomic E-state index is 6.26. The van der Waals surface area contributed by atoms with Crippen molar-refractivity contribution in [3.63, 3.8) is 0 Å². The van der Waals surface area contributed by atoms with Gasteiger partial charge >= 0.3 is 0 Å². The van der Waals surface area contributed by atoms with Crippen LogP contribution in [0, 0.1) is 0 Å². The van der Waals surface area contributed by atoms with Crippen LogP contribution in [-0.2, 0) is 13.7 Å². The number of aromatic nitrogens is 3. The highest BCUT2D eigenvalue weighted by molar-refractivity contribution is 5.86. The molecule has 0 bridgehead atoms. The first-order valence-electron chi connectivity index (χ1n) is 10.9. The molecule has 1 aliphatic rings. The fourth-order valence-electron chi connectivity index (χ4n) is 4.35. The molecule has 2 aromatic heterocycles. The van der Waals surface area contributed by atoms with E-state index >= 15 is 0 Å². The Kier molecular flexibility index (Phi) is 4.65. The van der Waals surface area contributed by atoms with Gasteiger partial charge in [0.1, 0.15) is 18.2 Å². The molecule has 0 saturated carbocycles. The van der Waals surface area contributed by atoms with Crippen LogP contribution in [0.4, 0.5) is 17.1 Å². The lowest BCUT2D eigenvalue weighted by Gasteiger charge is -2.27. The Bertz CT molecular complexity index is 1440. The summed E-state index contributed by atoms with van der Waals surface area (Å²) in [5, 5.41) is 0. The minimum absolute atomic E-state index is 0.515. The van der Waals surface area contributed by atoms with Crippen LogP contribution in [-0.4, -0.2) is 14.5 Å². The van der Waals surface area contributed by atoms with Crippen molar-refractivity contribution in [2.45, 2.75) is 6.61 Å². The molecule has 0 amide bonds. The zero-order valence-corrected chi connectivity index (χ0v) is 18.2. The number of rotatable bonds is 3. The SMILES string of the molecule is Cn1ccnc1-c1ccc2c(c1)N(c1cccc(-c3ccccn3)c1)c1ccccc1CO2. The van der Waals surface area contributed by atoms with Gasteiger partial charge in [-0.05, 0) is 48.5 Å². The largest absolute Gasteiger partial charge is 0.487 e. The van der Waals surface area contributed by atoms with Crippen LogP contribution >= 0.6 is 0 Å². The van der Waals surface area contributed by atoms with E-state index in [1.807, 2.05) is 54.5 Å². The first-order valence-corrected chi connectivity index (χ1v) is 10.9. The van der Waals surface area contributed by atoms with E-state index in [0.29, 0.717) is 6.61 Å². The van der Waals surface area contributed by atoms with Crippen LogP contribution in [0.3, 0.4) is 0 Å². The molecule has 33 heavy (non-hydrogen) atoms. The van der Waals surface area contributed by atoms with Gasteiger partial charge in [0.15, 0.2) is 0 Å². The second-order valence-electron chi connectivity index (χ2n) is 8.06. The van der Waals surface area contributed by atoms with Crippen LogP contribution in [0.2, 0.25) is 0 Å². The zero-order valence-electron chi connectivity index (χ0n) is 18.2. The number of anilines is 3. The molecule has 0 spiro atoms. The first-order chi connectivity index (χ1) is 16.3. The van der Waals surface area contributed by atoms with Crippen LogP contribution in [0.5, 0.6) is 5.75 Å². The summed E-state index contributed by atoms with van der Waals surface area (Å²) in [7, 11) is 2.01. The highest BCUT2D eigenvalue weighted by Gasteiger charge is 2.24. The highest BCUT2D eigenvalue weighted by Crippen LogP contribution is 2.46. The van der Waals surface area contributed by atoms with Gasteiger partial charge in [-0.15, -0.1) is 0 Å². The maximum Gasteiger partial charge on any atom is 0.143 e. The van der Waals surface area contributed by atoms with Gasteiger partial charge in [0.25, 0.3) is 0 Å². The van der Waals surface area contributed by atoms with Gasteiger partial charge in [-0.1, -0.05) is 36.4 Å². The van der Waals surface area contributed by atoms with E-state index in [2.05, 4.69) is 75.5 Å². The normalized spacial score (nSPS) is 12.5. The molecule has 0 fully saturated rings. The minimum atomic E-state index is 0.515. The molecule has 160 valence electrons. The predicted molar refractivity (Wildman–Crippen MR) is 131 cm³/mol. The molecule has 0 saturated heterocycles. The molecule has 3 heterocycles. The fourth-order valence-corrected chi connectivity index (χ4v) is 4.35. The van der Waals surface area contributed by atoms with Crippen molar-refractivity contribution >= 4 is 17.1 Å². The van der Waals surface area contributed by atoms with E-state index in [1.54, 1.807) is 0 Å². The summed E-state index contributed by atoms with van der Waals surface area (Å²) in [6, 6.07) is 29.1. The van der Waals surface area contributed by atoms with Crippen LogP contribution < -0.4 is 9.64 Å². The molecule has 6 rings (SSSR count). The van der Waals surface area contributed by atoms with Crippen LogP contribution in [0.25, 0.3) is 22.6 Å². The van der Waals surface area contributed by atoms with Crippen molar-refractivity contribution in [1.82, 2.24) is 14.5 Å². The van der Waals surface area contributed by atoms with Gasteiger partial charge in [-0.3, -0.25) is 4.98 Å². The van der Waals surface area contributed by atoms with Crippen molar-refractivity contribution in [1.29, 1.82) is 0 Å². The van der Waals surface area contributed by atoms with Crippen molar-refractivity contribution in [2.24, 2.45) is 7.05 Å². The molecule has 0 aliphatic carbocycles. The monoisotopic (exact) mass is 430 g/mol. The highest BCUT2D eigenvalue weighted by atomic mass is 16.5. The molecule has 0 radical (unpaired) electrons. The molecule has 5 aromatic rings. The smallest absolute Gasteiger partial charge is 0.143 e. The third kappa shape index (κ3) is 3.44. The molecular formula is C28H22N4O. The third-order valence-electron chi connectivity index (χ3n) is 5.96. The van der Waals surface area contributed by atoms with Crippen molar-refractivity contribution in [2.75, 3.05) is 4.90 Å². The third-order valence-corrected chi connectivity index (χ3v) is 5.96. The maximum absolute atomic E-state index is 6.26. The topological polar surface area (TPSA) is 43.2 Å². The van der Waals surface area contributed by atoms with Gasteiger partial charge in [-0.2, -0.15) is 0 Å². The lowest BCUT2D eigenvalue weighted by atomic mass is 10.1. The van der Waals surface area contributed by atoms with Gasteiger partial charge < -0.3 is 14.2 Å². The Morgan fingerprint density at radius 3 is 2.52 bits per heavy atom. The van der Waals surface area contributed by atoms with Gasteiger partial charge in [0, 0.05) is 48.0 Å². The zero-order chi connectivity index (χ0) is 22.2. The summed E-state index contributed by atoms with van der Waals surface area (Å²) < 4.78 is 8.29. The van der Waals surface area contributed by atoms with Crippen LogP contribution in [0.1, 0.15) is 5.56 Å². The molecule has 1 aliphatic heterocycles. The second kappa shape index (κ2) is 7.95. The number of pyridine rings is 1. The summed E-state index contributed by atoms with van der Waals surface area (Å²) in [6.07, 6.45) is 5.60. The number of para-hydroxylation sites is 1. The van der Waals surface area contributed by atoms with Gasteiger partial charge in [0.05, 0.1) is 17.1 Å². The second-order valence-corrected chi connectivity index (χ2v) is 8.06. The number of fused-ring (bicyclic) bond motifs is 2. The summed E-state index contributed by atoms with van der Waals surface area (Å²) in [5.41, 5.74) is 7.32. The molecule has 3 aromatic carbocycles. The minimum Gasteiger partial charge on any atom is -0.487 e. The number of aryl methyl sites for hydroxylation is 1. The van der Waals surface area contributed by atoms with Crippen molar-refractivity contribution in [3.8, 4) is 28.4 Å². The van der Waals surface area contributed by atoms with E-state index in [9.17, 15) is 0 Å². The van der Waals surface area contributed by atoms with Gasteiger partial charge in [-0.25, -0.2) is 4.98 Å². The van der Waals surface area contributed by atoms with Gasteiger partial charge in [0.2, 0.25) is 0 Å². The Balaban J connectivity index is 1.56. The quantitative estimate of drug-likeness (QED) is 0.327. The Morgan fingerprint density at radius 2 is 1.67 bits per heavy atom. The summed E-state index contributed by atoms with van der Waals surface area (Å²) in [4.78, 5) is 11.4. The molecular weight excluding hydrogens is 408 g/mol. The summed E-state index contributed by atoms with van der Waals surface area (Å²) in [6.45, 7) is 0.515.